The number of benzene rings is 1. The molecule has 0 spiro atoms. The fraction of sp³-hybridized carbons (Fsp3) is 0.333. The van der Waals surface area contributed by atoms with Gasteiger partial charge in [-0.05, 0) is 42.7 Å². The number of nitrogens with one attached hydrogen (secondary N) is 1. The van der Waals surface area contributed by atoms with E-state index in [0.717, 1.165) is 28.8 Å². The Kier molecular flexibility index (Phi) is 6.49. The molecule has 0 radical (unpaired) electrons. The highest BCUT2D eigenvalue weighted by Crippen LogP contribution is 2.23. The summed E-state index contributed by atoms with van der Waals surface area (Å²) in [6.07, 6.45) is 1.94. The van der Waals surface area contributed by atoms with Crippen LogP contribution in [0.25, 0.3) is 0 Å². The minimum Gasteiger partial charge on any atom is -0.451 e. The van der Waals surface area contributed by atoms with Gasteiger partial charge in [-0.3, -0.25) is 4.79 Å². The Labute approximate surface area is 144 Å². The highest BCUT2D eigenvalue weighted by Gasteiger charge is 2.14. The first-order valence-corrected chi connectivity index (χ1v) is 8.58. The highest BCUT2D eigenvalue weighted by molar-refractivity contribution is 7.14. The number of hydrogen-bond donors (Lipinski definition) is 1. The molecule has 0 saturated heterocycles. The molecule has 0 unspecified atom stereocenters. The Morgan fingerprint density at radius 1 is 1.25 bits per heavy atom. The van der Waals surface area contributed by atoms with E-state index in [1.807, 2.05) is 13.0 Å². The van der Waals surface area contributed by atoms with Crippen molar-refractivity contribution in [3.63, 3.8) is 0 Å². The molecule has 1 aromatic carbocycles. The lowest BCUT2D eigenvalue weighted by Gasteiger charge is -2.06. The van der Waals surface area contributed by atoms with E-state index < -0.39 is 11.9 Å². The van der Waals surface area contributed by atoms with Crippen molar-refractivity contribution in [1.29, 1.82) is 0 Å². The van der Waals surface area contributed by atoms with Gasteiger partial charge in [-0.15, -0.1) is 11.3 Å². The monoisotopic (exact) mass is 349 g/mol. The van der Waals surface area contributed by atoms with Gasteiger partial charge in [0, 0.05) is 11.4 Å². The second-order valence-corrected chi connectivity index (χ2v) is 6.68. The van der Waals surface area contributed by atoms with Gasteiger partial charge in [-0.1, -0.05) is 25.5 Å². The molecule has 0 saturated carbocycles. The van der Waals surface area contributed by atoms with Crippen LogP contribution in [0.15, 0.2) is 30.3 Å². The number of amides is 1. The lowest BCUT2D eigenvalue weighted by atomic mass is 10.1. The van der Waals surface area contributed by atoms with Crippen LogP contribution in [0.3, 0.4) is 0 Å². The van der Waals surface area contributed by atoms with Gasteiger partial charge in [-0.2, -0.15) is 0 Å². The zero-order valence-electron chi connectivity index (χ0n) is 13.7. The van der Waals surface area contributed by atoms with Gasteiger partial charge in [0.15, 0.2) is 6.61 Å². The fourth-order valence-electron chi connectivity index (χ4n) is 2.19. The number of carbonyl (C=O) groups is 2. The number of thiophene rings is 1. The number of carbonyl (C=O) groups excluding carboxylic acids is 2. The maximum absolute atomic E-state index is 12.8. The lowest BCUT2D eigenvalue weighted by Crippen LogP contribution is -2.28. The number of rotatable bonds is 7. The molecule has 0 fully saturated rings. The minimum atomic E-state index is -0.484. The van der Waals surface area contributed by atoms with Crippen molar-refractivity contribution in [3.8, 4) is 0 Å². The molecule has 2 rings (SSSR count). The molecule has 1 heterocycles. The van der Waals surface area contributed by atoms with E-state index >= 15 is 0 Å². The first-order valence-electron chi connectivity index (χ1n) is 7.77. The van der Waals surface area contributed by atoms with E-state index in [2.05, 4.69) is 12.2 Å². The van der Waals surface area contributed by atoms with Crippen molar-refractivity contribution < 1.29 is 18.7 Å². The predicted molar refractivity (Wildman–Crippen MR) is 91.6 cm³/mol. The van der Waals surface area contributed by atoms with Crippen molar-refractivity contribution in [3.05, 3.63) is 57.0 Å². The molecule has 4 nitrogen and oxygen atoms in total. The first kappa shape index (κ1) is 18.1. The third-order valence-electron chi connectivity index (χ3n) is 3.48. The van der Waals surface area contributed by atoms with Crippen LogP contribution in [0.4, 0.5) is 4.39 Å². The Hall–Kier alpha value is -2.21. The van der Waals surface area contributed by atoms with Crippen molar-refractivity contribution in [2.75, 3.05) is 6.61 Å². The topological polar surface area (TPSA) is 55.4 Å². The van der Waals surface area contributed by atoms with Crippen molar-refractivity contribution >= 4 is 23.2 Å². The van der Waals surface area contributed by atoms with Crippen LogP contribution >= 0.6 is 11.3 Å². The summed E-state index contributed by atoms with van der Waals surface area (Å²) in [6, 6.07) is 7.67. The zero-order chi connectivity index (χ0) is 17.5. The van der Waals surface area contributed by atoms with Gasteiger partial charge >= 0.3 is 5.97 Å². The smallest absolute Gasteiger partial charge is 0.348 e. The second kappa shape index (κ2) is 8.59. The number of esters is 1. The molecule has 6 heteroatoms. The summed E-state index contributed by atoms with van der Waals surface area (Å²) in [5.41, 5.74) is 1.92. The Bertz CT molecular complexity index is 710. The molecule has 0 bridgehead atoms. The molecule has 128 valence electrons. The van der Waals surface area contributed by atoms with Crippen LogP contribution in [0.1, 0.15) is 39.0 Å². The maximum Gasteiger partial charge on any atom is 0.348 e. The minimum absolute atomic E-state index is 0.259. The molecule has 24 heavy (non-hydrogen) atoms. The van der Waals surface area contributed by atoms with Crippen LogP contribution < -0.4 is 5.32 Å². The molecule has 2 aromatic rings. The van der Waals surface area contributed by atoms with Crippen molar-refractivity contribution in [2.45, 2.75) is 33.2 Å². The summed E-state index contributed by atoms with van der Waals surface area (Å²) >= 11 is 1.38. The summed E-state index contributed by atoms with van der Waals surface area (Å²) in [5, 5.41) is 2.63. The fourth-order valence-corrected chi connectivity index (χ4v) is 3.16. The summed E-state index contributed by atoms with van der Waals surface area (Å²) in [7, 11) is 0. The second-order valence-electron chi connectivity index (χ2n) is 5.42. The standard InChI is InChI=1S/C18H20FNO3S/c1-3-4-14-9-16(24-12(14)2)18(22)23-11-17(21)20-10-13-5-7-15(19)8-6-13/h5-9H,3-4,10-11H2,1-2H3,(H,20,21). The third kappa shape index (κ3) is 5.16. The number of hydrogen-bond acceptors (Lipinski definition) is 4. The van der Waals surface area contributed by atoms with Crippen LogP contribution in [0.2, 0.25) is 0 Å². The molecular formula is C18H20FNO3S. The number of halogens is 1. The van der Waals surface area contributed by atoms with E-state index in [9.17, 15) is 14.0 Å². The van der Waals surface area contributed by atoms with Gasteiger partial charge in [0.1, 0.15) is 10.7 Å². The van der Waals surface area contributed by atoms with Gasteiger partial charge in [0.2, 0.25) is 0 Å². The average molecular weight is 349 g/mol. The molecule has 1 aromatic heterocycles. The molecule has 0 aliphatic rings. The largest absolute Gasteiger partial charge is 0.451 e. The van der Waals surface area contributed by atoms with E-state index in [1.165, 1.54) is 23.5 Å². The summed E-state index contributed by atoms with van der Waals surface area (Å²) in [6.45, 7) is 3.98. The molecule has 1 amide bonds. The first-order chi connectivity index (χ1) is 11.5. The molecule has 0 aliphatic carbocycles. The summed E-state index contributed by atoms with van der Waals surface area (Å²) in [4.78, 5) is 25.3. The maximum atomic E-state index is 12.8. The Morgan fingerprint density at radius 3 is 2.62 bits per heavy atom. The highest BCUT2D eigenvalue weighted by atomic mass is 32.1. The van der Waals surface area contributed by atoms with Gasteiger partial charge in [0.05, 0.1) is 0 Å². The van der Waals surface area contributed by atoms with Crippen LogP contribution in [-0.2, 0) is 22.5 Å². The Balaban J connectivity index is 1.79. The SMILES string of the molecule is CCCc1cc(C(=O)OCC(=O)NCc2ccc(F)cc2)sc1C. The van der Waals surface area contributed by atoms with E-state index in [4.69, 9.17) is 4.74 Å². The van der Waals surface area contributed by atoms with E-state index in [1.54, 1.807) is 12.1 Å². The predicted octanol–water partition coefficient (Wildman–Crippen LogP) is 3.62. The van der Waals surface area contributed by atoms with Crippen molar-refractivity contribution in [2.24, 2.45) is 0 Å². The van der Waals surface area contributed by atoms with Crippen molar-refractivity contribution in [1.82, 2.24) is 5.32 Å². The quantitative estimate of drug-likeness (QED) is 0.777. The third-order valence-corrected chi connectivity index (χ3v) is 4.55. The van der Waals surface area contributed by atoms with Crippen LogP contribution in [0.5, 0.6) is 0 Å². The van der Waals surface area contributed by atoms with Crippen LogP contribution in [-0.4, -0.2) is 18.5 Å². The van der Waals surface area contributed by atoms with Gasteiger partial charge < -0.3 is 10.1 Å². The molecular weight excluding hydrogens is 329 g/mol. The normalized spacial score (nSPS) is 10.5. The zero-order valence-corrected chi connectivity index (χ0v) is 14.5. The average Bonchev–Trinajstić information content (AvgIpc) is 2.93. The Morgan fingerprint density at radius 2 is 1.96 bits per heavy atom. The van der Waals surface area contributed by atoms with Gasteiger partial charge in [0.25, 0.3) is 5.91 Å². The van der Waals surface area contributed by atoms with Gasteiger partial charge in [-0.25, -0.2) is 9.18 Å². The molecule has 0 aliphatic heterocycles. The van der Waals surface area contributed by atoms with Crippen LogP contribution in [0, 0.1) is 12.7 Å². The lowest BCUT2D eigenvalue weighted by molar-refractivity contribution is -0.124. The summed E-state index contributed by atoms with van der Waals surface area (Å²) < 4.78 is 17.8. The van der Waals surface area contributed by atoms with E-state index in [0.29, 0.717) is 4.88 Å². The molecule has 0 atom stereocenters. The number of ether oxygens (including phenoxy) is 1. The van der Waals surface area contributed by atoms with E-state index in [-0.39, 0.29) is 19.0 Å². The number of aryl methyl sites for hydroxylation is 2. The molecule has 1 N–H and O–H groups in total. The summed E-state index contributed by atoms with van der Waals surface area (Å²) in [5.74, 6) is -1.20.